The summed E-state index contributed by atoms with van der Waals surface area (Å²) in [5, 5.41) is 3.58. The number of nitrogens with zero attached hydrogens (tertiary/aromatic N) is 1. The number of halogens is 3. The minimum absolute atomic E-state index is 0.175. The van der Waals surface area contributed by atoms with E-state index in [1.165, 1.54) is 0 Å². The highest BCUT2D eigenvalue weighted by molar-refractivity contribution is 4.85. The molecule has 2 unspecified atom stereocenters. The highest BCUT2D eigenvalue weighted by Gasteiger charge is 2.28. The summed E-state index contributed by atoms with van der Waals surface area (Å²) in [6.45, 7) is 8.38. The third-order valence-electron chi connectivity index (χ3n) is 3.84. The standard InChI is InChI=1S/C15H29F3N2O/c1-4-14-9-19-13(8-12(2)3)10-20(14)6-5-7-21-11-15(16,17)18/h12-14,19H,4-11H2,1-3H3. The normalized spacial score (nSPS) is 24.7. The lowest BCUT2D eigenvalue weighted by Crippen LogP contribution is -2.56. The second-order valence-electron chi connectivity index (χ2n) is 6.31. The van der Waals surface area contributed by atoms with E-state index in [1.807, 2.05) is 0 Å². The number of nitrogens with one attached hydrogen (secondary N) is 1. The molecule has 2 atom stereocenters. The van der Waals surface area contributed by atoms with E-state index in [1.54, 1.807) is 0 Å². The molecular formula is C15H29F3N2O. The summed E-state index contributed by atoms with van der Waals surface area (Å²) in [4.78, 5) is 2.40. The van der Waals surface area contributed by atoms with Crippen molar-refractivity contribution in [2.45, 2.75) is 58.3 Å². The fraction of sp³-hybridized carbons (Fsp3) is 1.00. The molecule has 0 aliphatic carbocycles. The predicted octanol–water partition coefficient (Wildman–Crippen LogP) is 3.05. The van der Waals surface area contributed by atoms with E-state index >= 15 is 0 Å². The van der Waals surface area contributed by atoms with Gasteiger partial charge in [0.2, 0.25) is 0 Å². The molecular weight excluding hydrogens is 281 g/mol. The van der Waals surface area contributed by atoms with Crippen LogP contribution in [-0.4, -0.2) is 56.0 Å². The molecule has 0 saturated carbocycles. The van der Waals surface area contributed by atoms with E-state index in [0.717, 1.165) is 32.5 Å². The molecule has 0 aromatic carbocycles. The van der Waals surface area contributed by atoms with Crippen LogP contribution in [0.1, 0.15) is 40.0 Å². The molecule has 0 bridgehead atoms. The molecule has 1 aliphatic heterocycles. The van der Waals surface area contributed by atoms with Crippen molar-refractivity contribution in [3.8, 4) is 0 Å². The Labute approximate surface area is 126 Å². The van der Waals surface area contributed by atoms with Crippen LogP contribution in [0.3, 0.4) is 0 Å². The summed E-state index contributed by atoms with van der Waals surface area (Å²) in [7, 11) is 0. The van der Waals surface area contributed by atoms with Gasteiger partial charge in [-0.3, -0.25) is 4.90 Å². The summed E-state index contributed by atoms with van der Waals surface area (Å²) in [6.07, 6.45) is -1.37. The average molecular weight is 310 g/mol. The first kappa shape index (κ1) is 18.7. The van der Waals surface area contributed by atoms with Crippen molar-refractivity contribution in [1.82, 2.24) is 10.2 Å². The van der Waals surface area contributed by atoms with Crippen LogP contribution in [0.25, 0.3) is 0 Å². The Morgan fingerprint density at radius 1 is 1.33 bits per heavy atom. The molecule has 1 rings (SSSR count). The molecule has 1 fully saturated rings. The number of piperazine rings is 1. The van der Waals surface area contributed by atoms with Gasteiger partial charge in [0, 0.05) is 38.3 Å². The molecule has 126 valence electrons. The fourth-order valence-corrected chi connectivity index (χ4v) is 2.89. The zero-order valence-corrected chi connectivity index (χ0v) is 13.4. The summed E-state index contributed by atoms with van der Waals surface area (Å²) >= 11 is 0. The molecule has 1 N–H and O–H groups in total. The Morgan fingerprint density at radius 3 is 2.62 bits per heavy atom. The Balaban J connectivity index is 2.28. The maximum Gasteiger partial charge on any atom is 0.411 e. The van der Waals surface area contributed by atoms with Gasteiger partial charge in [-0.15, -0.1) is 0 Å². The molecule has 0 aromatic heterocycles. The summed E-state index contributed by atoms with van der Waals surface area (Å²) in [5.41, 5.74) is 0. The topological polar surface area (TPSA) is 24.5 Å². The molecule has 0 radical (unpaired) electrons. The Hall–Kier alpha value is -0.330. The zero-order valence-electron chi connectivity index (χ0n) is 13.4. The maximum absolute atomic E-state index is 12.0. The number of alkyl halides is 3. The first-order valence-corrected chi connectivity index (χ1v) is 7.93. The van der Waals surface area contributed by atoms with Crippen molar-refractivity contribution < 1.29 is 17.9 Å². The van der Waals surface area contributed by atoms with Crippen molar-refractivity contribution >= 4 is 0 Å². The van der Waals surface area contributed by atoms with Crippen LogP contribution >= 0.6 is 0 Å². The van der Waals surface area contributed by atoms with Crippen molar-refractivity contribution in [3.05, 3.63) is 0 Å². The quantitative estimate of drug-likeness (QED) is 0.697. The summed E-state index contributed by atoms with van der Waals surface area (Å²) in [6, 6.07) is 0.972. The molecule has 1 aliphatic rings. The van der Waals surface area contributed by atoms with E-state index in [4.69, 9.17) is 0 Å². The second-order valence-corrected chi connectivity index (χ2v) is 6.31. The molecule has 3 nitrogen and oxygen atoms in total. The number of hydrogen-bond donors (Lipinski definition) is 1. The van der Waals surface area contributed by atoms with E-state index in [-0.39, 0.29) is 6.61 Å². The lowest BCUT2D eigenvalue weighted by Gasteiger charge is -2.40. The highest BCUT2D eigenvalue weighted by Crippen LogP contribution is 2.16. The van der Waals surface area contributed by atoms with Gasteiger partial charge in [0.15, 0.2) is 0 Å². The van der Waals surface area contributed by atoms with Crippen molar-refractivity contribution in [2.75, 3.05) is 32.8 Å². The van der Waals surface area contributed by atoms with Crippen LogP contribution in [0.2, 0.25) is 0 Å². The molecule has 1 saturated heterocycles. The Morgan fingerprint density at radius 2 is 2.05 bits per heavy atom. The van der Waals surface area contributed by atoms with Gasteiger partial charge in [-0.05, 0) is 25.2 Å². The molecule has 0 amide bonds. The van der Waals surface area contributed by atoms with Crippen LogP contribution in [0.5, 0.6) is 0 Å². The van der Waals surface area contributed by atoms with E-state index < -0.39 is 12.8 Å². The molecule has 1 heterocycles. The number of ether oxygens (including phenoxy) is 1. The third-order valence-corrected chi connectivity index (χ3v) is 3.84. The Bertz CT molecular complexity index is 285. The van der Waals surface area contributed by atoms with E-state index in [2.05, 4.69) is 35.7 Å². The average Bonchev–Trinajstić information content (AvgIpc) is 2.36. The smallest absolute Gasteiger partial charge is 0.372 e. The van der Waals surface area contributed by atoms with Gasteiger partial charge in [0.1, 0.15) is 6.61 Å². The van der Waals surface area contributed by atoms with Gasteiger partial charge in [0.25, 0.3) is 0 Å². The lowest BCUT2D eigenvalue weighted by atomic mass is 9.99. The van der Waals surface area contributed by atoms with Gasteiger partial charge in [-0.25, -0.2) is 0 Å². The van der Waals surface area contributed by atoms with Gasteiger partial charge < -0.3 is 10.1 Å². The van der Waals surface area contributed by atoms with Crippen LogP contribution in [-0.2, 0) is 4.74 Å². The lowest BCUT2D eigenvalue weighted by molar-refractivity contribution is -0.174. The van der Waals surface area contributed by atoms with E-state index in [0.29, 0.717) is 24.4 Å². The van der Waals surface area contributed by atoms with Crippen LogP contribution in [0.15, 0.2) is 0 Å². The minimum Gasteiger partial charge on any atom is -0.372 e. The molecule has 0 spiro atoms. The second kappa shape index (κ2) is 8.96. The third kappa shape index (κ3) is 8.02. The molecule has 21 heavy (non-hydrogen) atoms. The van der Waals surface area contributed by atoms with Crippen LogP contribution in [0.4, 0.5) is 13.2 Å². The SMILES string of the molecule is CCC1CNC(CC(C)C)CN1CCCOCC(F)(F)F. The summed E-state index contributed by atoms with van der Waals surface area (Å²) in [5.74, 6) is 0.651. The van der Waals surface area contributed by atoms with Gasteiger partial charge in [-0.2, -0.15) is 13.2 Å². The van der Waals surface area contributed by atoms with Gasteiger partial charge in [0.05, 0.1) is 0 Å². The van der Waals surface area contributed by atoms with Crippen molar-refractivity contribution in [3.63, 3.8) is 0 Å². The number of hydrogen-bond acceptors (Lipinski definition) is 3. The molecule has 0 aromatic rings. The summed E-state index contributed by atoms with van der Waals surface area (Å²) < 4.78 is 40.6. The van der Waals surface area contributed by atoms with E-state index in [9.17, 15) is 13.2 Å². The van der Waals surface area contributed by atoms with Crippen LogP contribution < -0.4 is 5.32 Å². The Kier molecular flexibility index (Phi) is 7.98. The highest BCUT2D eigenvalue weighted by atomic mass is 19.4. The largest absolute Gasteiger partial charge is 0.411 e. The predicted molar refractivity (Wildman–Crippen MR) is 78.4 cm³/mol. The van der Waals surface area contributed by atoms with Crippen molar-refractivity contribution in [1.29, 1.82) is 0 Å². The van der Waals surface area contributed by atoms with Crippen molar-refractivity contribution in [2.24, 2.45) is 5.92 Å². The first-order chi connectivity index (χ1) is 9.81. The zero-order chi connectivity index (χ0) is 15.9. The first-order valence-electron chi connectivity index (χ1n) is 7.93. The molecule has 6 heteroatoms. The monoisotopic (exact) mass is 310 g/mol. The van der Waals surface area contributed by atoms with Crippen LogP contribution in [0, 0.1) is 5.92 Å². The van der Waals surface area contributed by atoms with Gasteiger partial charge in [-0.1, -0.05) is 20.8 Å². The fourth-order valence-electron chi connectivity index (χ4n) is 2.89. The minimum atomic E-state index is -4.22. The number of rotatable bonds is 8. The maximum atomic E-state index is 12.0. The van der Waals surface area contributed by atoms with Gasteiger partial charge >= 0.3 is 6.18 Å².